The minimum absolute atomic E-state index is 0.0349. The minimum atomic E-state index is -1.38. The number of aromatic amines is 1. The second kappa shape index (κ2) is 9.13. The molecule has 3 rings (SSSR count). The second-order valence-electron chi connectivity index (χ2n) is 6.93. The highest BCUT2D eigenvalue weighted by Gasteiger charge is 2.40. The van der Waals surface area contributed by atoms with Crippen LogP contribution in [0.15, 0.2) is 36.8 Å². The van der Waals surface area contributed by atoms with Gasteiger partial charge in [0.25, 0.3) is 5.91 Å². The molecular weight excluding hydrogens is 367 g/mol. The van der Waals surface area contributed by atoms with Gasteiger partial charge in [-0.2, -0.15) is 0 Å². The molecule has 0 aliphatic carbocycles. The van der Waals surface area contributed by atoms with Crippen molar-refractivity contribution in [2.45, 2.75) is 24.7 Å². The van der Waals surface area contributed by atoms with E-state index in [1.165, 1.54) is 12.5 Å². The first-order valence-corrected chi connectivity index (χ1v) is 9.17. The molecule has 1 saturated heterocycles. The van der Waals surface area contributed by atoms with Crippen molar-refractivity contribution in [2.24, 2.45) is 0 Å². The first-order chi connectivity index (χ1) is 13.5. The number of aliphatic hydroxyl groups excluding tert-OH is 1. The second-order valence-corrected chi connectivity index (χ2v) is 6.93. The molecule has 1 aliphatic rings. The maximum atomic E-state index is 12.1. The number of β-amino-alcohol motifs (C(OH)–C–C–N with tert-alkyl or cyclic N) is 1. The lowest BCUT2D eigenvalue weighted by molar-refractivity contribution is -0.116. The zero-order valence-electron chi connectivity index (χ0n) is 15.5. The Bertz CT molecular complexity index is 756. The van der Waals surface area contributed by atoms with E-state index in [0.717, 1.165) is 5.56 Å². The Morgan fingerprint density at radius 3 is 2.86 bits per heavy atom. The standard InChI is InChI=1S/C19H25FN4O4/c20-6-8-28-15-3-1-14(2-4-15)10-24-7-5-19(27,17(25)11-24)12-22-18(26)16-9-21-13-23-16/h1-4,9,13,17,25,27H,5-8,10-12H2,(H,21,23)(H,22,26)/t17-,19-/m1/s1. The number of H-pyrrole nitrogens is 1. The molecule has 0 spiro atoms. The molecular formula is C19H25FN4O4. The van der Waals surface area contributed by atoms with Crippen molar-refractivity contribution in [3.8, 4) is 5.75 Å². The summed E-state index contributed by atoms with van der Waals surface area (Å²) in [6, 6.07) is 7.36. The third kappa shape index (κ3) is 5.06. The number of hydrogen-bond acceptors (Lipinski definition) is 6. The molecule has 1 aromatic carbocycles. The summed E-state index contributed by atoms with van der Waals surface area (Å²) in [4.78, 5) is 20.5. The van der Waals surface area contributed by atoms with Gasteiger partial charge in [0.2, 0.25) is 0 Å². The Labute approximate surface area is 162 Å². The molecule has 9 heteroatoms. The van der Waals surface area contributed by atoms with Crippen molar-refractivity contribution in [1.29, 1.82) is 0 Å². The number of likely N-dealkylation sites (tertiary alicyclic amines) is 1. The number of hydrogen-bond donors (Lipinski definition) is 4. The molecule has 152 valence electrons. The molecule has 0 unspecified atom stereocenters. The van der Waals surface area contributed by atoms with Gasteiger partial charge in [-0.3, -0.25) is 9.69 Å². The van der Waals surface area contributed by atoms with Crippen LogP contribution in [0.3, 0.4) is 0 Å². The predicted octanol–water partition coefficient (Wildman–Crippen LogP) is 0.486. The van der Waals surface area contributed by atoms with Crippen molar-refractivity contribution >= 4 is 5.91 Å². The number of imidazole rings is 1. The number of nitrogens with zero attached hydrogens (tertiary/aromatic N) is 2. The number of amides is 1. The molecule has 28 heavy (non-hydrogen) atoms. The molecule has 0 radical (unpaired) electrons. The smallest absolute Gasteiger partial charge is 0.269 e. The molecule has 1 amide bonds. The van der Waals surface area contributed by atoms with Crippen LogP contribution in [-0.2, 0) is 6.54 Å². The van der Waals surface area contributed by atoms with Crippen LogP contribution in [0.4, 0.5) is 4.39 Å². The van der Waals surface area contributed by atoms with E-state index in [-0.39, 0.29) is 25.6 Å². The SMILES string of the molecule is O=C(NC[C@]1(O)CCN(Cc2ccc(OCCF)cc2)C[C@H]1O)c1cnc[nH]1. The predicted molar refractivity (Wildman–Crippen MR) is 99.7 cm³/mol. The maximum absolute atomic E-state index is 12.1. The number of halogens is 1. The van der Waals surface area contributed by atoms with Gasteiger partial charge in [0, 0.05) is 26.2 Å². The summed E-state index contributed by atoms with van der Waals surface area (Å²) in [7, 11) is 0. The van der Waals surface area contributed by atoms with Crippen LogP contribution in [0.2, 0.25) is 0 Å². The highest BCUT2D eigenvalue weighted by molar-refractivity contribution is 5.91. The van der Waals surface area contributed by atoms with E-state index in [4.69, 9.17) is 4.74 Å². The zero-order valence-corrected chi connectivity index (χ0v) is 15.5. The van der Waals surface area contributed by atoms with Gasteiger partial charge in [-0.05, 0) is 24.1 Å². The third-order valence-corrected chi connectivity index (χ3v) is 4.89. The first-order valence-electron chi connectivity index (χ1n) is 9.17. The third-order valence-electron chi connectivity index (χ3n) is 4.89. The number of benzene rings is 1. The van der Waals surface area contributed by atoms with Gasteiger partial charge >= 0.3 is 0 Å². The minimum Gasteiger partial charge on any atom is -0.491 e. The summed E-state index contributed by atoms with van der Waals surface area (Å²) in [6.45, 7) is 0.938. The number of alkyl halides is 1. The van der Waals surface area contributed by atoms with E-state index in [1.54, 1.807) is 12.1 Å². The zero-order chi connectivity index (χ0) is 20.0. The number of carbonyl (C=O) groups excluding carboxylic acids is 1. The normalized spacial score (nSPS) is 22.8. The van der Waals surface area contributed by atoms with E-state index in [9.17, 15) is 19.4 Å². The number of nitrogens with one attached hydrogen (secondary N) is 2. The Morgan fingerprint density at radius 2 is 2.21 bits per heavy atom. The highest BCUT2D eigenvalue weighted by atomic mass is 19.1. The summed E-state index contributed by atoms with van der Waals surface area (Å²) in [6.07, 6.45) is 2.13. The lowest BCUT2D eigenvalue weighted by atomic mass is 9.88. The topological polar surface area (TPSA) is 111 Å². The van der Waals surface area contributed by atoms with Gasteiger partial charge < -0.3 is 25.3 Å². The van der Waals surface area contributed by atoms with E-state index in [1.807, 2.05) is 17.0 Å². The average Bonchev–Trinajstić information content (AvgIpc) is 3.24. The quantitative estimate of drug-likeness (QED) is 0.520. The van der Waals surface area contributed by atoms with Crippen LogP contribution in [0, 0.1) is 0 Å². The van der Waals surface area contributed by atoms with Crippen molar-refractivity contribution in [1.82, 2.24) is 20.2 Å². The Kier molecular flexibility index (Phi) is 6.61. The van der Waals surface area contributed by atoms with Crippen LogP contribution in [0.5, 0.6) is 5.75 Å². The van der Waals surface area contributed by atoms with E-state index >= 15 is 0 Å². The molecule has 2 aromatic rings. The van der Waals surface area contributed by atoms with Crippen LogP contribution in [-0.4, -0.2) is 75.6 Å². The van der Waals surface area contributed by atoms with Gasteiger partial charge in [0.15, 0.2) is 0 Å². The van der Waals surface area contributed by atoms with Gasteiger partial charge in [-0.15, -0.1) is 0 Å². The van der Waals surface area contributed by atoms with Gasteiger partial charge in [0.1, 0.15) is 30.3 Å². The number of aliphatic hydroxyl groups is 2. The molecule has 1 aromatic heterocycles. The van der Waals surface area contributed by atoms with Gasteiger partial charge in [0.05, 0.1) is 18.6 Å². The molecule has 2 atom stereocenters. The summed E-state index contributed by atoms with van der Waals surface area (Å²) in [5.74, 6) is 0.234. The summed E-state index contributed by atoms with van der Waals surface area (Å²) >= 11 is 0. The fraction of sp³-hybridized carbons (Fsp3) is 0.474. The fourth-order valence-electron chi connectivity index (χ4n) is 3.19. The molecule has 2 heterocycles. The number of carbonyl (C=O) groups is 1. The molecule has 1 fully saturated rings. The highest BCUT2D eigenvalue weighted by Crippen LogP contribution is 2.24. The lowest BCUT2D eigenvalue weighted by Gasteiger charge is -2.42. The van der Waals surface area contributed by atoms with Crippen LogP contribution >= 0.6 is 0 Å². The van der Waals surface area contributed by atoms with Crippen molar-refractivity contribution in [3.63, 3.8) is 0 Å². The number of piperidine rings is 1. The monoisotopic (exact) mass is 392 g/mol. The summed E-state index contributed by atoms with van der Waals surface area (Å²) in [5.41, 5.74) is -0.0526. The fourth-order valence-corrected chi connectivity index (χ4v) is 3.19. The van der Waals surface area contributed by atoms with Crippen molar-refractivity contribution in [3.05, 3.63) is 48.0 Å². The molecule has 4 N–H and O–H groups in total. The van der Waals surface area contributed by atoms with Crippen molar-refractivity contribution in [2.75, 3.05) is 32.9 Å². The summed E-state index contributed by atoms with van der Waals surface area (Å²) < 4.78 is 17.3. The summed E-state index contributed by atoms with van der Waals surface area (Å²) in [5, 5.41) is 23.8. The van der Waals surface area contributed by atoms with Crippen LogP contribution < -0.4 is 10.1 Å². The number of aromatic nitrogens is 2. The Morgan fingerprint density at radius 1 is 1.43 bits per heavy atom. The van der Waals surface area contributed by atoms with E-state index in [2.05, 4.69) is 15.3 Å². The van der Waals surface area contributed by atoms with Gasteiger partial charge in [-0.25, -0.2) is 9.37 Å². The van der Waals surface area contributed by atoms with E-state index in [0.29, 0.717) is 31.0 Å². The first kappa shape index (κ1) is 20.2. The maximum Gasteiger partial charge on any atom is 0.269 e. The average molecular weight is 392 g/mol. The molecule has 1 aliphatic heterocycles. The molecule has 0 bridgehead atoms. The lowest BCUT2D eigenvalue weighted by Crippen LogP contribution is -2.60. The molecule has 0 saturated carbocycles. The molecule has 8 nitrogen and oxygen atoms in total. The van der Waals surface area contributed by atoms with Gasteiger partial charge in [-0.1, -0.05) is 12.1 Å². The van der Waals surface area contributed by atoms with E-state index < -0.39 is 18.4 Å². The van der Waals surface area contributed by atoms with Crippen LogP contribution in [0.25, 0.3) is 0 Å². The number of ether oxygens (including phenoxy) is 1. The number of rotatable bonds is 8. The van der Waals surface area contributed by atoms with Crippen molar-refractivity contribution < 1.29 is 24.1 Å². The Hall–Kier alpha value is -2.49. The largest absolute Gasteiger partial charge is 0.491 e. The Balaban J connectivity index is 1.49. The van der Waals surface area contributed by atoms with Crippen LogP contribution in [0.1, 0.15) is 22.5 Å².